The fourth-order valence-electron chi connectivity index (χ4n) is 2.79. The Morgan fingerprint density at radius 1 is 1.21 bits per heavy atom. The fraction of sp³-hybridized carbons (Fsp3) is 0.400. The molecule has 4 heteroatoms. The predicted molar refractivity (Wildman–Crippen MR) is 74.2 cm³/mol. The van der Waals surface area contributed by atoms with Gasteiger partial charge in [-0.1, -0.05) is 19.3 Å². The monoisotopic (exact) mass is 259 g/mol. The summed E-state index contributed by atoms with van der Waals surface area (Å²) >= 11 is 0. The normalized spacial score (nSPS) is 16.7. The molecule has 1 aliphatic rings. The second kappa shape index (κ2) is 5.03. The molecule has 2 N–H and O–H groups in total. The van der Waals surface area contributed by atoms with E-state index in [1.54, 1.807) is 18.3 Å². The van der Waals surface area contributed by atoms with E-state index in [0.717, 1.165) is 5.56 Å². The summed E-state index contributed by atoms with van der Waals surface area (Å²) in [5.74, 6) is -0.289. The molecule has 0 saturated heterocycles. The number of nitrogen functional groups attached to an aromatic ring is 1. The summed E-state index contributed by atoms with van der Waals surface area (Å²) in [5, 5.41) is 4.40. The molecule has 1 aliphatic carbocycles. The van der Waals surface area contributed by atoms with E-state index in [2.05, 4.69) is 5.10 Å². The van der Waals surface area contributed by atoms with E-state index in [1.165, 1.54) is 38.2 Å². The SMILES string of the molecule is Nc1ccc(-c2cnn(C3CCCCC3)c2)c(F)c1. The second-order valence-corrected chi connectivity index (χ2v) is 5.24. The van der Waals surface area contributed by atoms with E-state index < -0.39 is 0 Å². The molecular weight excluding hydrogens is 241 g/mol. The van der Waals surface area contributed by atoms with Crippen LogP contribution < -0.4 is 5.73 Å². The van der Waals surface area contributed by atoms with Crippen LogP contribution >= 0.6 is 0 Å². The predicted octanol–water partition coefficient (Wildman–Crippen LogP) is 3.78. The zero-order valence-corrected chi connectivity index (χ0v) is 10.8. The van der Waals surface area contributed by atoms with Crippen molar-refractivity contribution in [3.05, 3.63) is 36.4 Å². The smallest absolute Gasteiger partial charge is 0.133 e. The van der Waals surface area contributed by atoms with Gasteiger partial charge in [0.2, 0.25) is 0 Å². The van der Waals surface area contributed by atoms with Crippen LogP contribution in [0.4, 0.5) is 10.1 Å². The third-order valence-electron chi connectivity index (χ3n) is 3.85. The first-order chi connectivity index (χ1) is 9.24. The molecule has 1 saturated carbocycles. The van der Waals surface area contributed by atoms with Gasteiger partial charge >= 0.3 is 0 Å². The summed E-state index contributed by atoms with van der Waals surface area (Å²) in [6.45, 7) is 0. The number of anilines is 1. The van der Waals surface area contributed by atoms with Gasteiger partial charge in [0.25, 0.3) is 0 Å². The molecule has 19 heavy (non-hydrogen) atoms. The molecule has 0 radical (unpaired) electrons. The lowest BCUT2D eigenvalue weighted by molar-refractivity contribution is 0.329. The van der Waals surface area contributed by atoms with E-state index in [9.17, 15) is 4.39 Å². The number of hydrogen-bond donors (Lipinski definition) is 1. The van der Waals surface area contributed by atoms with Gasteiger partial charge in [-0.15, -0.1) is 0 Å². The summed E-state index contributed by atoms with van der Waals surface area (Å²) in [4.78, 5) is 0. The van der Waals surface area contributed by atoms with Crippen molar-refractivity contribution >= 4 is 5.69 Å². The first kappa shape index (κ1) is 12.2. The molecule has 100 valence electrons. The fourth-order valence-corrected chi connectivity index (χ4v) is 2.79. The summed E-state index contributed by atoms with van der Waals surface area (Å²) < 4.78 is 15.9. The Balaban J connectivity index is 1.87. The van der Waals surface area contributed by atoms with E-state index in [-0.39, 0.29) is 5.82 Å². The Morgan fingerprint density at radius 2 is 2.00 bits per heavy atom. The van der Waals surface area contributed by atoms with Crippen LogP contribution in [-0.4, -0.2) is 9.78 Å². The van der Waals surface area contributed by atoms with Gasteiger partial charge in [-0.3, -0.25) is 4.68 Å². The Labute approximate surface area is 112 Å². The van der Waals surface area contributed by atoms with E-state index in [0.29, 0.717) is 17.3 Å². The van der Waals surface area contributed by atoms with Gasteiger partial charge in [0.05, 0.1) is 12.2 Å². The minimum atomic E-state index is -0.289. The quantitative estimate of drug-likeness (QED) is 0.834. The molecule has 3 rings (SSSR count). The largest absolute Gasteiger partial charge is 0.399 e. The Morgan fingerprint density at radius 3 is 2.74 bits per heavy atom. The molecule has 1 heterocycles. The van der Waals surface area contributed by atoms with Gasteiger partial charge in [-0.25, -0.2) is 4.39 Å². The summed E-state index contributed by atoms with van der Waals surface area (Å²) in [7, 11) is 0. The van der Waals surface area contributed by atoms with Crippen LogP contribution in [-0.2, 0) is 0 Å². The summed E-state index contributed by atoms with van der Waals surface area (Å²) in [6.07, 6.45) is 9.87. The van der Waals surface area contributed by atoms with Crippen LogP contribution in [0.2, 0.25) is 0 Å². The molecule has 1 fully saturated rings. The molecule has 0 bridgehead atoms. The van der Waals surface area contributed by atoms with Gasteiger partial charge in [0.1, 0.15) is 5.82 Å². The highest BCUT2D eigenvalue weighted by Gasteiger charge is 2.17. The Kier molecular flexibility index (Phi) is 3.23. The van der Waals surface area contributed by atoms with Crippen molar-refractivity contribution in [1.82, 2.24) is 9.78 Å². The lowest BCUT2D eigenvalue weighted by Crippen LogP contribution is -2.12. The van der Waals surface area contributed by atoms with Crippen LogP contribution in [0.3, 0.4) is 0 Å². The lowest BCUT2D eigenvalue weighted by atomic mass is 9.96. The molecule has 0 amide bonds. The number of nitrogens with two attached hydrogens (primary N) is 1. The van der Waals surface area contributed by atoms with E-state index in [1.807, 2.05) is 10.9 Å². The second-order valence-electron chi connectivity index (χ2n) is 5.24. The molecule has 3 nitrogen and oxygen atoms in total. The zero-order chi connectivity index (χ0) is 13.2. The van der Waals surface area contributed by atoms with Gasteiger partial charge in [-0.2, -0.15) is 5.10 Å². The van der Waals surface area contributed by atoms with Crippen molar-refractivity contribution in [2.75, 3.05) is 5.73 Å². The molecule has 0 atom stereocenters. The molecule has 1 aromatic carbocycles. The van der Waals surface area contributed by atoms with Crippen LogP contribution in [0.25, 0.3) is 11.1 Å². The molecule has 0 unspecified atom stereocenters. The maximum absolute atomic E-state index is 13.9. The van der Waals surface area contributed by atoms with Crippen LogP contribution in [0.15, 0.2) is 30.6 Å². The molecule has 2 aromatic rings. The van der Waals surface area contributed by atoms with Crippen LogP contribution in [0.1, 0.15) is 38.1 Å². The third-order valence-corrected chi connectivity index (χ3v) is 3.85. The highest BCUT2D eigenvalue weighted by atomic mass is 19.1. The van der Waals surface area contributed by atoms with Crippen molar-refractivity contribution in [1.29, 1.82) is 0 Å². The van der Waals surface area contributed by atoms with Crippen molar-refractivity contribution < 1.29 is 4.39 Å². The average molecular weight is 259 g/mol. The van der Waals surface area contributed by atoms with Gasteiger partial charge in [0.15, 0.2) is 0 Å². The van der Waals surface area contributed by atoms with Gasteiger partial charge in [-0.05, 0) is 31.0 Å². The number of nitrogens with zero attached hydrogens (tertiary/aromatic N) is 2. The van der Waals surface area contributed by atoms with Crippen LogP contribution in [0, 0.1) is 5.82 Å². The summed E-state index contributed by atoms with van der Waals surface area (Å²) in [6, 6.07) is 5.26. The standard InChI is InChI=1S/C15H18FN3/c16-15-8-12(17)6-7-14(15)11-9-18-19(10-11)13-4-2-1-3-5-13/h6-10,13H,1-5,17H2. The maximum atomic E-state index is 13.9. The summed E-state index contributed by atoms with van der Waals surface area (Å²) in [5.41, 5.74) is 7.40. The number of benzene rings is 1. The van der Waals surface area contributed by atoms with Gasteiger partial charge < -0.3 is 5.73 Å². The third kappa shape index (κ3) is 2.48. The zero-order valence-electron chi connectivity index (χ0n) is 10.8. The first-order valence-electron chi connectivity index (χ1n) is 6.83. The van der Waals surface area contributed by atoms with Crippen molar-refractivity contribution in [3.63, 3.8) is 0 Å². The maximum Gasteiger partial charge on any atom is 0.133 e. The van der Waals surface area contributed by atoms with E-state index >= 15 is 0 Å². The number of hydrogen-bond acceptors (Lipinski definition) is 2. The molecule has 1 aromatic heterocycles. The Hall–Kier alpha value is -1.84. The number of rotatable bonds is 2. The first-order valence-corrected chi connectivity index (χ1v) is 6.83. The van der Waals surface area contributed by atoms with Gasteiger partial charge in [0, 0.05) is 23.0 Å². The minimum absolute atomic E-state index is 0.289. The highest BCUT2D eigenvalue weighted by molar-refractivity contribution is 5.65. The topological polar surface area (TPSA) is 43.8 Å². The van der Waals surface area contributed by atoms with Crippen LogP contribution in [0.5, 0.6) is 0 Å². The van der Waals surface area contributed by atoms with E-state index in [4.69, 9.17) is 5.73 Å². The highest BCUT2D eigenvalue weighted by Crippen LogP contribution is 2.30. The molecule has 0 aliphatic heterocycles. The Bertz CT molecular complexity index is 571. The number of aromatic nitrogens is 2. The lowest BCUT2D eigenvalue weighted by Gasteiger charge is -2.21. The average Bonchev–Trinajstić information content (AvgIpc) is 2.89. The molecule has 0 spiro atoms. The van der Waals surface area contributed by atoms with Crippen molar-refractivity contribution in [2.24, 2.45) is 0 Å². The number of halogens is 1. The van der Waals surface area contributed by atoms with Crippen molar-refractivity contribution in [3.8, 4) is 11.1 Å². The molecular formula is C15H18FN3. The minimum Gasteiger partial charge on any atom is -0.399 e. The van der Waals surface area contributed by atoms with Crippen molar-refractivity contribution in [2.45, 2.75) is 38.1 Å².